The molecule has 1 N–H and O–H groups in total. The van der Waals surface area contributed by atoms with Crippen molar-refractivity contribution in [2.75, 3.05) is 32.7 Å². The second kappa shape index (κ2) is 8.70. The Labute approximate surface area is 144 Å². The second-order valence-corrected chi connectivity index (χ2v) is 7.16. The molecule has 24 heavy (non-hydrogen) atoms. The molecule has 0 aromatic carbocycles. The maximum absolute atomic E-state index is 12.1. The lowest BCUT2D eigenvalue weighted by Gasteiger charge is -2.34. The summed E-state index contributed by atoms with van der Waals surface area (Å²) >= 11 is 0. The van der Waals surface area contributed by atoms with E-state index in [4.69, 9.17) is 4.74 Å². The van der Waals surface area contributed by atoms with Gasteiger partial charge in [0, 0.05) is 26.2 Å². The van der Waals surface area contributed by atoms with Crippen molar-refractivity contribution < 1.29 is 19.1 Å². The van der Waals surface area contributed by atoms with Crippen LogP contribution < -0.4 is 5.32 Å². The van der Waals surface area contributed by atoms with Gasteiger partial charge in [-0.2, -0.15) is 0 Å². The number of hydrogen-bond acceptors (Lipinski definition) is 4. The summed E-state index contributed by atoms with van der Waals surface area (Å²) < 4.78 is 5.09. The minimum Gasteiger partial charge on any atom is -0.444 e. The molecule has 0 aromatic heterocycles. The van der Waals surface area contributed by atoms with Crippen LogP contribution in [0.1, 0.15) is 34.6 Å². The molecule has 0 unspecified atom stereocenters. The van der Waals surface area contributed by atoms with Gasteiger partial charge in [-0.05, 0) is 32.8 Å². The number of carbonyl (C=O) groups is 3. The first-order valence-corrected chi connectivity index (χ1v) is 8.30. The SMILES string of the molecule is CC(C)/C=C/C(=O)N1CCN(C(=O)CNC(=O)OC(C)(C)C)CC1. The molecule has 7 nitrogen and oxygen atoms in total. The fourth-order valence-electron chi connectivity index (χ4n) is 2.13. The van der Waals surface area contributed by atoms with Crippen LogP contribution in [0, 0.1) is 5.92 Å². The van der Waals surface area contributed by atoms with Crippen LogP contribution in [-0.4, -0.2) is 66.0 Å². The Bertz CT molecular complexity index is 487. The summed E-state index contributed by atoms with van der Waals surface area (Å²) in [7, 11) is 0. The maximum Gasteiger partial charge on any atom is 0.408 e. The number of hydrogen-bond donors (Lipinski definition) is 1. The highest BCUT2D eigenvalue weighted by molar-refractivity contribution is 5.88. The van der Waals surface area contributed by atoms with Crippen molar-refractivity contribution in [3.8, 4) is 0 Å². The number of ether oxygens (including phenoxy) is 1. The van der Waals surface area contributed by atoms with Gasteiger partial charge in [-0.15, -0.1) is 0 Å². The monoisotopic (exact) mass is 339 g/mol. The van der Waals surface area contributed by atoms with Crippen LogP contribution in [0.2, 0.25) is 0 Å². The van der Waals surface area contributed by atoms with E-state index in [0.29, 0.717) is 32.1 Å². The third kappa shape index (κ3) is 7.48. The Morgan fingerprint density at radius 3 is 2.12 bits per heavy atom. The topological polar surface area (TPSA) is 79.0 Å². The summed E-state index contributed by atoms with van der Waals surface area (Å²) in [5, 5.41) is 2.46. The molecule has 0 spiro atoms. The van der Waals surface area contributed by atoms with Gasteiger partial charge in [-0.25, -0.2) is 4.79 Å². The summed E-state index contributed by atoms with van der Waals surface area (Å²) in [5.41, 5.74) is -0.595. The third-order valence-corrected chi connectivity index (χ3v) is 3.35. The standard InChI is InChI=1S/C17H29N3O4/c1-13(2)6-7-14(21)19-8-10-20(11-9-19)15(22)12-18-16(23)24-17(3,4)5/h6-7,13H,8-12H2,1-5H3,(H,18,23)/b7-6+. The maximum atomic E-state index is 12.1. The zero-order valence-corrected chi connectivity index (χ0v) is 15.3. The van der Waals surface area contributed by atoms with Crippen molar-refractivity contribution >= 4 is 17.9 Å². The van der Waals surface area contributed by atoms with Gasteiger partial charge < -0.3 is 19.9 Å². The van der Waals surface area contributed by atoms with E-state index in [0.717, 1.165) is 0 Å². The lowest BCUT2D eigenvalue weighted by molar-refractivity contribution is -0.136. The number of nitrogens with one attached hydrogen (secondary N) is 1. The highest BCUT2D eigenvalue weighted by atomic mass is 16.6. The van der Waals surface area contributed by atoms with Gasteiger partial charge in [0.1, 0.15) is 12.1 Å². The Hall–Kier alpha value is -2.05. The fourth-order valence-corrected chi connectivity index (χ4v) is 2.13. The normalized spacial score (nSPS) is 15.8. The van der Waals surface area contributed by atoms with Gasteiger partial charge in [-0.3, -0.25) is 9.59 Å². The first-order chi connectivity index (χ1) is 11.1. The molecule has 0 radical (unpaired) electrons. The van der Waals surface area contributed by atoms with Crippen molar-refractivity contribution in [3.63, 3.8) is 0 Å². The largest absolute Gasteiger partial charge is 0.444 e. The van der Waals surface area contributed by atoms with Crippen LogP contribution in [0.25, 0.3) is 0 Å². The lowest BCUT2D eigenvalue weighted by Crippen LogP contribution is -2.52. The number of allylic oxidation sites excluding steroid dienone is 1. The Kier molecular flexibility index (Phi) is 7.25. The summed E-state index contributed by atoms with van der Waals surface area (Å²) in [6.07, 6.45) is 2.85. The molecule has 3 amide bonds. The molecule has 136 valence electrons. The molecule has 0 atom stereocenters. The molecule has 0 aliphatic carbocycles. The highest BCUT2D eigenvalue weighted by Gasteiger charge is 2.24. The van der Waals surface area contributed by atoms with Gasteiger partial charge in [-0.1, -0.05) is 19.9 Å². The third-order valence-electron chi connectivity index (χ3n) is 3.35. The smallest absolute Gasteiger partial charge is 0.408 e. The van der Waals surface area contributed by atoms with Crippen LogP contribution in [0.5, 0.6) is 0 Å². The predicted molar refractivity (Wildman–Crippen MR) is 91.4 cm³/mol. The molecular weight excluding hydrogens is 310 g/mol. The number of rotatable bonds is 4. The summed E-state index contributed by atoms with van der Waals surface area (Å²) in [6.45, 7) is 11.1. The van der Waals surface area contributed by atoms with E-state index in [9.17, 15) is 14.4 Å². The van der Waals surface area contributed by atoms with E-state index in [1.54, 1.807) is 36.6 Å². The van der Waals surface area contributed by atoms with Crippen LogP contribution in [0.3, 0.4) is 0 Å². The van der Waals surface area contributed by atoms with E-state index in [2.05, 4.69) is 5.32 Å². The summed E-state index contributed by atoms with van der Waals surface area (Å²) in [4.78, 5) is 39.0. The van der Waals surface area contributed by atoms with Gasteiger partial charge in [0.05, 0.1) is 0 Å². The van der Waals surface area contributed by atoms with Crippen molar-refractivity contribution in [3.05, 3.63) is 12.2 Å². The average Bonchev–Trinajstić information content (AvgIpc) is 2.48. The van der Waals surface area contributed by atoms with E-state index in [-0.39, 0.29) is 18.4 Å². The van der Waals surface area contributed by atoms with Crippen molar-refractivity contribution in [2.45, 2.75) is 40.2 Å². The van der Waals surface area contributed by atoms with Gasteiger partial charge in [0.2, 0.25) is 11.8 Å². The average molecular weight is 339 g/mol. The first kappa shape index (κ1) is 20.0. The molecule has 1 aliphatic rings. The van der Waals surface area contributed by atoms with Crippen molar-refractivity contribution in [1.82, 2.24) is 15.1 Å². The number of piperazine rings is 1. The fraction of sp³-hybridized carbons (Fsp3) is 0.706. The number of nitrogens with zero attached hydrogens (tertiary/aromatic N) is 2. The summed E-state index contributed by atoms with van der Waals surface area (Å²) in [5.74, 6) is 0.129. The van der Waals surface area contributed by atoms with Gasteiger partial charge in [0.25, 0.3) is 0 Å². The van der Waals surface area contributed by atoms with Crippen LogP contribution in [-0.2, 0) is 14.3 Å². The predicted octanol–water partition coefficient (Wildman–Crippen LogP) is 1.39. The molecule has 1 saturated heterocycles. The number of amides is 3. The van der Waals surface area contributed by atoms with E-state index in [1.807, 2.05) is 19.9 Å². The minimum absolute atomic E-state index is 0.0253. The van der Waals surface area contributed by atoms with Crippen molar-refractivity contribution in [1.29, 1.82) is 0 Å². The quantitative estimate of drug-likeness (QED) is 0.785. The van der Waals surface area contributed by atoms with Crippen molar-refractivity contribution in [2.24, 2.45) is 5.92 Å². The van der Waals surface area contributed by atoms with Crippen LogP contribution in [0.15, 0.2) is 12.2 Å². The first-order valence-electron chi connectivity index (χ1n) is 8.30. The second-order valence-electron chi connectivity index (χ2n) is 7.16. The minimum atomic E-state index is -0.608. The molecule has 7 heteroatoms. The van der Waals surface area contributed by atoms with Gasteiger partial charge >= 0.3 is 6.09 Å². The Morgan fingerprint density at radius 2 is 1.62 bits per heavy atom. The molecule has 0 bridgehead atoms. The number of alkyl carbamates (subject to hydrolysis) is 1. The highest BCUT2D eigenvalue weighted by Crippen LogP contribution is 2.07. The molecular formula is C17H29N3O4. The zero-order valence-electron chi connectivity index (χ0n) is 15.3. The lowest BCUT2D eigenvalue weighted by atomic mass is 10.2. The molecule has 1 heterocycles. The number of carbonyl (C=O) groups excluding carboxylic acids is 3. The van der Waals surface area contributed by atoms with Gasteiger partial charge in [0.15, 0.2) is 0 Å². The van der Waals surface area contributed by atoms with Crippen LogP contribution >= 0.6 is 0 Å². The Balaban J connectivity index is 2.35. The molecule has 1 rings (SSSR count). The Morgan fingerprint density at radius 1 is 1.08 bits per heavy atom. The molecule has 1 aliphatic heterocycles. The zero-order chi connectivity index (χ0) is 18.3. The molecule has 1 fully saturated rings. The summed E-state index contributed by atoms with van der Waals surface area (Å²) in [6, 6.07) is 0. The van der Waals surface area contributed by atoms with Crippen LogP contribution in [0.4, 0.5) is 4.79 Å². The van der Waals surface area contributed by atoms with E-state index < -0.39 is 11.7 Å². The van der Waals surface area contributed by atoms with E-state index in [1.165, 1.54) is 0 Å². The molecule has 0 aromatic rings. The molecule has 0 saturated carbocycles. The van der Waals surface area contributed by atoms with E-state index >= 15 is 0 Å².